The predicted octanol–water partition coefficient (Wildman–Crippen LogP) is 2.99. The van der Waals surface area contributed by atoms with E-state index in [1.807, 2.05) is 30.5 Å². The number of imidazole rings is 1. The molecule has 1 N–H and O–H groups in total. The summed E-state index contributed by atoms with van der Waals surface area (Å²) in [6, 6.07) is 9.37. The number of aromatic nitrogens is 3. The number of amides is 1. The van der Waals surface area contributed by atoms with E-state index >= 15 is 0 Å². The second-order valence-corrected chi connectivity index (χ2v) is 6.11. The van der Waals surface area contributed by atoms with E-state index in [1.54, 1.807) is 23.0 Å². The van der Waals surface area contributed by atoms with Gasteiger partial charge in [-0.05, 0) is 12.1 Å². The summed E-state index contributed by atoms with van der Waals surface area (Å²) < 4.78 is 11.9. The first-order valence-corrected chi connectivity index (χ1v) is 8.41. The number of nitrogens with zero attached hydrogens (tertiary/aromatic N) is 3. The maximum absolute atomic E-state index is 12.4. The number of fused-ring (bicyclic) bond motifs is 1. The molecule has 4 aromatic rings. The lowest BCUT2D eigenvalue weighted by Crippen LogP contribution is -2.24. The number of para-hydroxylation sites is 1. The minimum Gasteiger partial charge on any atom is -0.496 e. The summed E-state index contributed by atoms with van der Waals surface area (Å²) in [5.41, 5.74) is 2.84. The number of carbonyl (C=O) groups is 1. The van der Waals surface area contributed by atoms with Crippen LogP contribution in [0.2, 0.25) is 0 Å². The Kier molecular flexibility index (Phi) is 3.95. The smallest absolute Gasteiger partial charge is 0.269 e. The predicted molar refractivity (Wildman–Crippen MR) is 92.7 cm³/mol. The molecule has 3 aromatic heterocycles. The van der Waals surface area contributed by atoms with Crippen molar-refractivity contribution >= 4 is 22.2 Å². The molecule has 1 amide bonds. The lowest BCUT2D eigenvalue weighted by atomic mass is 10.1. The van der Waals surface area contributed by atoms with Crippen molar-refractivity contribution in [3.05, 3.63) is 59.6 Å². The molecule has 7 nitrogen and oxygen atoms in total. The third-order valence-electron chi connectivity index (χ3n) is 3.75. The van der Waals surface area contributed by atoms with Crippen molar-refractivity contribution in [3.63, 3.8) is 0 Å². The largest absolute Gasteiger partial charge is 0.496 e. The lowest BCUT2D eigenvalue weighted by molar-refractivity contribution is 0.0944. The zero-order valence-corrected chi connectivity index (χ0v) is 14.1. The van der Waals surface area contributed by atoms with Gasteiger partial charge in [-0.2, -0.15) is 0 Å². The normalized spacial score (nSPS) is 10.9. The van der Waals surface area contributed by atoms with Gasteiger partial charge in [0.05, 0.1) is 19.3 Å². The molecular formula is C17H14N4O3S. The van der Waals surface area contributed by atoms with Crippen molar-refractivity contribution in [2.24, 2.45) is 0 Å². The van der Waals surface area contributed by atoms with Crippen LogP contribution < -0.4 is 10.1 Å². The molecule has 0 atom stereocenters. The van der Waals surface area contributed by atoms with Crippen LogP contribution in [0.3, 0.4) is 0 Å². The Morgan fingerprint density at radius 1 is 1.36 bits per heavy atom. The van der Waals surface area contributed by atoms with E-state index in [-0.39, 0.29) is 5.91 Å². The van der Waals surface area contributed by atoms with E-state index in [4.69, 9.17) is 9.26 Å². The fourth-order valence-corrected chi connectivity index (χ4v) is 3.38. The summed E-state index contributed by atoms with van der Waals surface area (Å²) in [4.78, 5) is 17.8. The van der Waals surface area contributed by atoms with Crippen LogP contribution in [-0.2, 0) is 6.54 Å². The number of ether oxygens (including phenoxy) is 1. The molecule has 0 fully saturated rings. The Bertz CT molecular complexity index is 1020. The van der Waals surface area contributed by atoms with Gasteiger partial charge in [0.2, 0.25) is 0 Å². The molecule has 0 unspecified atom stereocenters. The highest BCUT2D eigenvalue weighted by atomic mass is 32.1. The number of methoxy groups -OCH3 is 1. The van der Waals surface area contributed by atoms with Gasteiger partial charge in [-0.25, -0.2) is 4.98 Å². The van der Waals surface area contributed by atoms with Crippen LogP contribution in [0.25, 0.3) is 16.2 Å². The highest BCUT2D eigenvalue weighted by Crippen LogP contribution is 2.30. The highest BCUT2D eigenvalue weighted by molar-refractivity contribution is 7.15. The highest BCUT2D eigenvalue weighted by Gasteiger charge is 2.16. The number of rotatable bonds is 5. The van der Waals surface area contributed by atoms with Crippen molar-refractivity contribution in [2.75, 3.05) is 7.11 Å². The first-order valence-electron chi connectivity index (χ1n) is 7.53. The van der Waals surface area contributed by atoms with Crippen LogP contribution in [0.5, 0.6) is 5.75 Å². The summed E-state index contributed by atoms with van der Waals surface area (Å²) >= 11 is 1.41. The van der Waals surface area contributed by atoms with Crippen LogP contribution in [0, 0.1) is 0 Å². The Balaban J connectivity index is 1.63. The second-order valence-electron chi connectivity index (χ2n) is 5.27. The van der Waals surface area contributed by atoms with E-state index in [0.717, 1.165) is 22.0 Å². The van der Waals surface area contributed by atoms with Gasteiger partial charge in [-0.1, -0.05) is 17.3 Å². The van der Waals surface area contributed by atoms with Crippen LogP contribution in [-0.4, -0.2) is 27.6 Å². The minimum atomic E-state index is -0.196. The average Bonchev–Trinajstić information content (AvgIpc) is 3.36. The monoisotopic (exact) mass is 354 g/mol. The molecule has 8 heteroatoms. The number of nitrogens with one attached hydrogen (secondary N) is 1. The molecule has 3 heterocycles. The molecule has 0 radical (unpaired) electrons. The van der Waals surface area contributed by atoms with E-state index in [2.05, 4.69) is 15.5 Å². The fraction of sp³-hybridized carbons (Fsp3) is 0.118. The van der Waals surface area contributed by atoms with E-state index in [9.17, 15) is 4.79 Å². The molecule has 4 rings (SSSR count). The fourth-order valence-electron chi connectivity index (χ4n) is 2.52. The number of hydrogen-bond donors (Lipinski definition) is 1. The van der Waals surface area contributed by atoms with Crippen molar-refractivity contribution in [1.82, 2.24) is 19.9 Å². The Morgan fingerprint density at radius 2 is 2.24 bits per heavy atom. The standard InChI is InChI=1S/C17H14N4O3S/c1-23-15-5-3-2-4-12(15)13-9-21-14(10-25-17(21)19-13)16(22)18-8-11-6-7-24-20-11/h2-7,9-10H,8H2,1H3,(H,18,22). The third kappa shape index (κ3) is 2.87. The number of benzene rings is 1. The summed E-state index contributed by atoms with van der Waals surface area (Å²) in [5, 5.41) is 8.38. The molecular weight excluding hydrogens is 340 g/mol. The maximum atomic E-state index is 12.4. The van der Waals surface area contributed by atoms with E-state index < -0.39 is 0 Å². The summed E-state index contributed by atoms with van der Waals surface area (Å²) in [7, 11) is 1.63. The number of carbonyl (C=O) groups excluding carboxylic acids is 1. The first-order chi connectivity index (χ1) is 12.3. The van der Waals surface area contributed by atoms with Gasteiger partial charge in [-0.3, -0.25) is 9.20 Å². The van der Waals surface area contributed by atoms with Crippen LogP contribution in [0.15, 0.2) is 52.7 Å². The Hall–Kier alpha value is -3.13. The van der Waals surface area contributed by atoms with Gasteiger partial charge in [-0.15, -0.1) is 11.3 Å². The van der Waals surface area contributed by atoms with E-state index in [1.165, 1.54) is 17.6 Å². The molecule has 0 saturated carbocycles. The van der Waals surface area contributed by atoms with Gasteiger partial charge in [0.25, 0.3) is 5.91 Å². The zero-order valence-electron chi connectivity index (χ0n) is 13.3. The lowest BCUT2D eigenvalue weighted by Gasteiger charge is -2.04. The number of thiazole rings is 1. The van der Waals surface area contributed by atoms with Gasteiger partial charge in [0.15, 0.2) is 4.96 Å². The topological polar surface area (TPSA) is 81.7 Å². The molecule has 1 aromatic carbocycles. The molecule has 0 bridgehead atoms. The van der Waals surface area contributed by atoms with Gasteiger partial charge >= 0.3 is 0 Å². The Labute approximate surface area is 146 Å². The summed E-state index contributed by atoms with van der Waals surface area (Å²) in [5.74, 6) is 0.545. The van der Waals surface area contributed by atoms with Gasteiger partial charge < -0.3 is 14.6 Å². The second kappa shape index (κ2) is 6.40. The van der Waals surface area contributed by atoms with Crippen molar-refractivity contribution in [1.29, 1.82) is 0 Å². The molecule has 25 heavy (non-hydrogen) atoms. The average molecular weight is 354 g/mol. The van der Waals surface area contributed by atoms with Crippen molar-refractivity contribution in [3.8, 4) is 17.0 Å². The minimum absolute atomic E-state index is 0.196. The summed E-state index contributed by atoms with van der Waals surface area (Å²) in [6.45, 7) is 0.306. The molecule has 0 aliphatic carbocycles. The van der Waals surface area contributed by atoms with Crippen LogP contribution >= 0.6 is 11.3 Å². The molecule has 126 valence electrons. The number of hydrogen-bond acceptors (Lipinski definition) is 6. The van der Waals surface area contributed by atoms with E-state index in [0.29, 0.717) is 17.9 Å². The third-order valence-corrected chi connectivity index (χ3v) is 4.59. The van der Waals surface area contributed by atoms with Crippen molar-refractivity contribution in [2.45, 2.75) is 6.54 Å². The Morgan fingerprint density at radius 3 is 3.04 bits per heavy atom. The molecule has 0 spiro atoms. The van der Waals surface area contributed by atoms with Crippen LogP contribution in [0.4, 0.5) is 0 Å². The van der Waals surface area contributed by atoms with Crippen LogP contribution in [0.1, 0.15) is 16.2 Å². The molecule has 0 aliphatic rings. The quantitative estimate of drug-likeness (QED) is 0.596. The van der Waals surface area contributed by atoms with Crippen molar-refractivity contribution < 1.29 is 14.1 Å². The zero-order chi connectivity index (χ0) is 17.2. The SMILES string of the molecule is COc1ccccc1-c1cn2c(C(=O)NCc3ccon3)csc2n1. The molecule has 0 aliphatic heterocycles. The maximum Gasteiger partial charge on any atom is 0.269 e. The van der Waals surface area contributed by atoms with Gasteiger partial charge in [0, 0.05) is 23.2 Å². The van der Waals surface area contributed by atoms with Gasteiger partial charge in [0.1, 0.15) is 23.4 Å². The molecule has 0 saturated heterocycles. The first kappa shape index (κ1) is 15.4. The summed E-state index contributed by atoms with van der Waals surface area (Å²) in [6.07, 6.45) is 3.31.